The predicted octanol–water partition coefficient (Wildman–Crippen LogP) is 2.55. The quantitative estimate of drug-likeness (QED) is 0.806. The summed E-state index contributed by atoms with van der Waals surface area (Å²) >= 11 is 5.60. The standard InChI is InChI=1S/C12H15ClF3NO3S/c1-8-10(12(14,15)16)4-3-5-11(8)21(18,19)17-9(6-13)7-20-2/h3-5,9,17H,6-7H2,1-2H3. The Bertz CT molecular complexity index is 590. The molecular formula is C12H15ClF3NO3S. The van der Waals surface area contributed by atoms with Gasteiger partial charge in [0.25, 0.3) is 0 Å². The van der Waals surface area contributed by atoms with Gasteiger partial charge in [-0.1, -0.05) is 6.07 Å². The highest BCUT2D eigenvalue weighted by Crippen LogP contribution is 2.34. The molecule has 1 unspecified atom stereocenters. The Labute approximate surface area is 126 Å². The highest BCUT2D eigenvalue weighted by atomic mass is 35.5. The first kappa shape index (κ1) is 18.2. The van der Waals surface area contributed by atoms with Crippen LogP contribution in [0.15, 0.2) is 23.1 Å². The third kappa shape index (κ3) is 4.57. The highest BCUT2D eigenvalue weighted by Gasteiger charge is 2.34. The van der Waals surface area contributed by atoms with E-state index in [9.17, 15) is 21.6 Å². The summed E-state index contributed by atoms with van der Waals surface area (Å²) in [5.41, 5.74) is -1.34. The fourth-order valence-corrected chi connectivity index (χ4v) is 3.55. The number of sulfonamides is 1. The van der Waals surface area contributed by atoms with Gasteiger partial charge in [0.05, 0.1) is 23.1 Å². The summed E-state index contributed by atoms with van der Waals surface area (Å²) in [5.74, 6) is -0.0644. The normalized spacial score (nSPS) is 14.2. The molecule has 120 valence electrons. The number of halogens is 4. The minimum Gasteiger partial charge on any atom is -0.383 e. The van der Waals surface area contributed by atoms with Crippen molar-refractivity contribution in [2.24, 2.45) is 0 Å². The SMILES string of the molecule is COCC(CCl)NS(=O)(=O)c1cccc(C(F)(F)F)c1C. The molecule has 0 saturated heterocycles. The van der Waals surface area contributed by atoms with Crippen LogP contribution in [0, 0.1) is 6.92 Å². The summed E-state index contributed by atoms with van der Waals surface area (Å²) < 4.78 is 69.8. The van der Waals surface area contributed by atoms with Crippen molar-refractivity contribution in [1.29, 1.82) is 0 Å². The lowest BCUT2D eigenvalue weighted by atomic mass is 10.1. The van der Waals surface area contributed by atoms with Gasteiger partial charge in [0.15, 0.2) is 0 Å². The Hall–Kier alpha value is -0.830. The van der Waals surface area contributed by atoms with Crippen LogP contribution in [0.1, 0.15) is 11.1 Å². The second-order valence-corrected chi connectivity index (χ2v) is 6.35. The molecule has 0 radical (unpaired) electrons. The van der Waals surface area contributed by atoms with Crippen molar-refractivity contribution in [2.45, 2.75) is 24.0 Å². The zero-order chi connectivity index (χ0) is 16.3. The molecule has 0 saturated carbocycles. The molecule has 0 amide bonds. The van der Waals surface area contributed by atoms with Crippen molar-refractivity contribution in [1.82, 2.24) is 4.72 Å². The lowest BCUT2D eigenvalue weighted by Gasteiger charge is -2.18. The van der Waals surface area contributed by atoms with Gasteiger partial charge < -0.3 is 4.74 Å². The molecule has 0 aromatic heterocycles. The molecule has 0 heterocycles. The van der Waals surface area contributed by atoms with Gasteiger partial charge in [0, 0.05) is 13.0 Å². The Morgan fingerprint density at radius 3 is 2.48 bits per heavy atom. The van der Waals surface area contributed by atoms with Gasteiger partial charge in [-0.2, -0.15) is 13.2 Å². The van der Waals surface area contributed by atoms with Crippen molar-refractivity contribution in [3.63, 3.8) is 0 Å². The van der Waals surface area contributed by atoms with E-state index in [2.05, 4.69) is 4.72 Å². The van der Waals surface area contributed by atoms with E-state index < -0.39 is 32.7 Å². The van der Waals surface area contributed by atoms with Crippen molar-refractivity contribution >= 4 is 21.6 Å². The second kappa shape index (κ2) is 6.95. The van der Waals surface area contributed by atoms with E-state index in [-0.39, 0.29) is 18.1 Å². The van der Waals surface area contributed by atoms with E-state index in [0.29, 0.717) is 0 Å². The van der Waals surface area contributed by atoms with Crippen molar-refractivity contribution in [3.05, 3.63) is 29.3 Å². The van der Waals surface area contributed by atoms with Crippen LogP contribution < -0.4 is 4.72 Å². The van der Waals surface area contributed by atoms with Crippen LogP contribution in [0.3, 0.4) is 0 Å². The van der Waals surface area contributed by atoms with E-state index in [1.807, 2.05) is 0 Å². The maximum Gasteiger partial charge on any atom is 0.416 e. The molecule has 1 aromatic rings. The topological polar surface area (TPSA) is 55.4 Å². The van der Waals surface area contributed by atoms with Gasteiger partial charge in [-0.25, -0.2) is 13.1 Å². The molecule has 4 nitrogen and oxygen atoms in total. The van der Waals surface area contributed by atoms with Crippen LogP contribution in [-0.4, -0.2) is 34.1 Å². The van der Waals surface area contributed by atoms with E-state index >= 15 is 0 Å². The Kier molecular flexibility index (Phi) is 6.03. The number of rotatable bonds is 6. The molecule has 1 N–H and O–H groups in total. The summed E-state index contributed by atoms with van der Waals surface area (Å²) in [6, 6.07) is 2.28. The lowest BCUT2D eigenvalue weighted by Crippen LogP contribution is -2.39. The highest BCUT2D eigenvalue weighted by molar-refractivity contribution is 7.89. The van der Waals surface area contributed by atoms with Crippen molar-refractivity contribution in [3.8, 4) is 0 Å². The third-order valence-electron chi connectivity index (χ3n) is 2.75. The Balaban J connectivity index is 3.21. The zero-order valence-electron chi connectivity index (χ0n) is 11.4. The maximum absolute atomic E-state index is 12.8. The maximum atomic E-state index is 12.8. The molecule has 21 heavy (non-hydrogen) atoms. The average molecular weight is 346 g/mol. The molecule has 0 fully saturated rings. The van der Waals surface area contributed by atoms with Gasteiger partial charge in [-0.15, -0.1) is 11.6 Å². The van der Waals surface area contributed by atoms with Gasteiger partial charge in [0.1, 0.15) is 0 Å². The van der Waals surface area contributed by atoms with Gasteiger partial charge in [0.2, 0.25) is 10.0 Å². The lowest BCUT2D eigenvalue weighted by molar-refractivity contribution is -0.138. The summed E-state index contributed by atoms with van der Waals surface area (Å²) in [5, 5.41) is 0. The summed E-state index contributed by atoms with van der Waals surface area (Å²) in [4.78, 5) is -0.427. The molecule has 0 aliphatic carbocycles. The first-order valence-electron chi connectivity index (χ1n) is 5.87. The molecule has 0 aliphatic rings. The molecule has 1 atom stereocenters. The Morgan fingerprint density at radius 1 is 1.38 bits per heavy atom. The first-order valence-corrected chi connectivity index (χ1v) is 7.89. The van der Waals surface area contributed by atoms with Crippen LogP contribution in [0.5, 0.6) is 0 Å². The van der Waals surface area contributed by atoms with Crippen LogP contribution in [0.25, 0.3) is 0 Å². The predicted molar refractivity (Wildman–Crippen MR) is 72.9 cm³/mol. The van der Waals surface area contributed by atoms with Crippen LogP contribution >= 0.6 is 11.6 Å². The van der Waals surface area contributed by atoms with Crippen molar-refractivity contribution in [2.75, 3.05) is 19.6 Å². The number of ether oxygens (including phenoxy) is 1. The number of benzene rings is 1. The van der Waals surface area contributed by atoms with E-state index in [1.165, 1.54) is 7.11 Å². The first-order chi connectivity index (χ1) is 9.63. The summed E-state index contributed by atoms with van der Waals surface area (Å²) in [6.07, 6.45) is -4.62. The van der Waals surface area contributed by atoms with E-state index in [1.54, 1.807) is 0 Å². The van der Waals surface area contributed by atoms with Crippen molar-refractivity contribution < 1.29 is 26.3 Å². The van der Waals surface area contributed by atoms with Crippen LogP contribution in [-0.2, 0) is 20.9 Å². The van der Waals surface area contributed by atoms with E-state index in [0.717, 1.165) is 25.1 Å². The summed E-state index contributed by atoms with van der Waals surface area (Å²) in [7, 11) is -2.76. The smallest absolute Gasteiger partial charge is 0.383 e. The number of nitrogens with one attached hydrogen (secondary N) is 1. The molecule has 1 aromatic carbocycles. The van der Waals surface area contributed by atoms with Gasteiger partial charge >= 0.3 is 6.18 Å². The van der Waals surface area contributed by atoms with E-state index in [4.69, 9.17) is 16.3 Å². The number of alkyl halides is 4. The number of methoxy groups -OCH3 is 1. The minimum atomic E-state index is -4.62. The largest absolute Gasteiger partial charge is 0.416 e. The summed E-state index contributed by atoms with van der Waals surface area (Å²) in [6.45, 7) is 1.13. The molecule has 1 rings (SSSR count). The van der Waals surface area contributed by atoms with Gasteiger partial charge in [-0.3, -0.25) is 0 Å². The molecule has 9 heteroatoms. The number of hydrogen-bond acceptors (Lipinski definition) is 3. The molecule has 0 bridgehead atoms. The van der Waals surface area contributed by atoms with Gasteiger partial charge in [-0.05, 0) is 24.6 Å². The fraction of sp³-hybridized carbons (Fsp3) is 0.500. The fourth-order valence-electron chi connectivity index (χ4n) is 1.81. The van der Waals surface area contributed by atoms with Crippen LogP contribution in [0.2, 0.25) is 0 Å². The molecular weight excluding hydrogens is 331 g/mol. The Morgan fingerprint density at radius 2 is 2.00 bits per heavy atom. The average Bonchev–Trinajstić information content (AvgIpc) is 2.36. The monoisotopic (exact) mass is 345 g/mol. The zero-order valence-corrected chi connectivity index (χ0v) is 12.9. The van der Waals surface area contributed by atoms with Crippen LogP contribution in [0.4, 0.5) is 13.2 Å². The second-order valence-electron chi connectivity index (χ2n) is 4.35. The number of hydrogen-bond donors (Lipinski definition) is 1. The molecule has 0 aliphatic heterocycles. The molecule has 0 spiro atoms. The third-order valence-corrected chi connectivity index (χ3v) is 4.79. The minimum absolute atomic E-state index is 0.0146.